The number of halogens is 1. The summed E-state index contributed by atoms with van der Waals surface area (Å²) in [5, 5.41) is 16.9. The zero-order valence-corrected chi connectivity index (χ0v) is 13.5. The van der Waals surface area contributed by atoms with Crippen LogP contribution in [0.1, 0.15) is 5.56 Å². The molecule has 26 heavy (non-hydrogen) atoms. The molecule has 0 spiro atoms. The predicted octanol–water partition coefficient (Wildman–Crippen LogP) is 3.46. The molecule has 0 radical (unpaired) electrons. The highest BCUT2D eigenvalue weighted by molar-refractivity contribution is 5.74. The Morgan fingerprint density at radius 1 is 1.08 bits per heavy atom. The molecule has 0 aliphatic carbocycles. The normalized spacial score (nSPS) is 10.3. The van der Waals surface area contributed by atoms with Gasteiger partial charge in [0.2, 0.25) is 17.6 Å². The van der Waals surface area contributed by atoms with E-state index < -0.39 is 16.4 Å². The van der Waals surface area contributed by atoms with E-state index in [9.17, 15) is 14.5 Å². The molecule has 9 heteroatoms. The number of nitrogen functional groups attached to an aromatic ring is 1. The molecule has 1 aromatic heterocycles. The molecule has 0 unspecified atom stereocenters. The first-order valence-corrected chi connectivity index (χ1v) is 7.66. The van der Waals surface area contributed by atoms with Crippen LogP contribution in [0.4, 0.5) is 33.3 Å². The lowest BCUT2D eigenvalue weighted by Gasteiger charge is -2.11. The van der Waals surface area contributed by atoms with Crippen molar-refractivity contribution in [1.29, 1.82) is 0 Å². The molecule has 4 N–H and O–H groups in total. The minimum atomic E-state index is -0.709. The maximum Gasteiger partial charge on any atom is 0.353 e. The average Bonchev–Trinajstić information content (AvgIpc) is 2.62. The van der Waals surface area contributed by atoms with Crippen molar-refractivity contribution in [2.24, 2.45) is 0 Å². The number of hydrogen-bond acceptors (Lipinski definition) is 7. The summed E-state index contributed by atoms with van der Waals surface area (Å²) in [6.45, 7) is 0.400. The summed E-state index contributed by atoms with van der Waals surface area (Å²) in [4.78, 5) is 18.6. The van der Waals surface area contributed by atoms with Crippen LogP contribution in [-0.4, -0.2) is 14.9 Å². The van der Waals surface area contributed by atoms with E-state index in [1.807, 2.05) is 30.3 Å². The van der Waals surface area contributed by atoms with Crippen molar-refractivity contribution < 1.29 is 9.31 Å². The summed E-state index contributed by atoms with van der Waals surface area (Å²) in [6, 6.07) is 15.2. The summed E-state index contributed by atoms with van der Waals surface area (Å²) in [5.41, 5.74) is 6.22. The van der Waals surface area contributed by atoms with Gasteiger partial charge in [-0.2, -0.15) is 9.97 Å². The lowest BCUT2D eigenvalue weighted by Crippen LogP contribution is -2.11. The van der Waals surface area contributed by atoms with Gasteiger partial charge in [-0.25, -0.2) is 4.39 Å². The Labute approximate surface area is 148 Å². The zero-order chi connectivity index (χ0) is 18.5. The number of nitrogens with one attached hydrogen (secondary N) is 2. The number of aromatic nitrogens is 2. The van der Waals surface area contributed by atoms with Gasteiger partial charge in [-0.3, -0.25) is 10.1 Å². The van der Waals surface area contributed by atoms with Gasteiger partial charge >= 0.3 is 5.69 Å². The molecule has 0 saturated carbocycles. The van der Waals surface area contributed by atoms with E-state index in [1.165, 1.54) is 18.2 Å². The molecule has 0 bridgehead atoms. The Balaban J connectivity index is 1.91. The van der Waals surface area contributed by atoms with Crippen LogP contribution >= 0.6 is 0 Å². The third kappa shape index (κ3) is 3.83. The zero-order valence-electron chi connectivity index (χ0n) is 13.5. The van der Waals surface area contributed by atoms with Crippen molar-refractivity contribution in [3.8, 4) is 0 Å². The third-order valence-electron chi connectivity index (χ3n) is 3.51. The van der Waals surface area contributed by atoms with Gasteiger partial charge in [0, 0.05) is 6.54 Å². The fourth-order valence-electron chi connectivity index (χ4n) is 2.29. The van der Waals surface area contributed by atoms with Crippen molar-refractivity contribution >= 4 is 29.0 Å². The predicted molar refractivity (Wildman–Crippen MR) is 96.6 cm³/mol. The lowest BCUT2D eigenvalue weighted by atomic mass is 10.2. The first-order valence-electron chi connectivity index (χ1n) is 7.66. The van der Waals surface area contributed by atoms with E-state index in [2.05, 4.69) is 20.6 Å². The number of nitro groups is 1. The van der Waals surface area contributed by atoms with Crippen LogP contribution in [0.15, 0.2) is 54.6 Å². The van der Waals surface area contributed by atoms with Crippen LogP contribution in [0.2, 0.25) is 0 Å². The van der Waals surface area contributed by atoms with Gasteiger partial charge in [-0.1, -0.05) is 42.5 Å². The number of benzene rings is 2. The van der Waals surface area contributed by atoms with Crippen molar-refractivity contribution in [3.05, 3.63) is 76.1 Å². The van der Waals surface area contributed by atoms with Crippen LogP contribution in [-0.2, 0) is 6.54 Å². The molecular weight excluding hydrogens is 339 g/mol. The number of nitrogens with zero attached hydrogens (tertiary/aromatic N) is 3. The van der Waals surface area contributed by atoms with Gasteiger partial charge in [0.15, 0.2) is 0 Å². The molecule has 0 atom stereocenters. The average molecular weight is 354 g/mol. The Kier molecular flexibility index (Phi) is 4.88. The number of hydrogen-bond donors (Lipinski definition) is 3. The van der Waals surface area contributed by atoms with Gasteiger partial charge in [-0.05, 0) is 17.7 Å². The minimum Gasteiger partial charge on any atom is -0.378 e. The Morgan fingerprint density at radius 3 is 2.46 bits per heavy atom. The van der Waals surface area contributed by atoms with Gasteiger partial charge in [0.25, 0.3) is 0 Å². The van der Waals surface area contributed by atoms with E-state index >= 15 is 0 Å². The van der Waals surface area contributed by atoms with Crippen LogP contribution in [0, 0.1) is 15.9 Å². The highest BCUT2D eigenvalue weighted by Gasteiger charge is 2.24. The molecular formula is C17H15FN6O2. The molecule has 8 nitrogen and oxygen atoms in total. The molecule has 0 amide bonds. The van der Waals surface area contributed by atoms with Gasteiger partial charge in [0.1, 0.15) is 5.82 Å². The summed E-state index contributed by atoms with van der Waals surface area (Å²) in [7, 11) is 0. The Morgan fingerprint density at radius 2 is 1.77 bits per heavy atom. The Hall–Kier alpha value is -3.75. The van der Waals surface area contributed by atoms with Gasteiger partial charge in [0.05, 0.1) is 10.6 Å². The molecule has 132 valence electrons. The number of nitrogens with two attached hydrogens (primary N) is 1. The molecule has 0 aliphatic heterocycles. The standard InChI is InChI=1S/C17H15FN6O2/c18-12-8-4-5-9-13(12)21-16-14(24(25)26)15(19)22-17(23-16)20-10-11-6-2-1-3-7-11/h1-9H,10H2,(H4,19,20,21,22,23). The summed E-state index contributed by atoms with van der Waals surface area (Å²) in [6.07, 6.45) is 0. The molecule has 0 fully saturated rings. The summed E-state index contributed by atoms with van der Waals surface area (Å²) in [5.74, 6) is -0.990. The van der Waals surface area contributed by atoms with Crippen LogP contribution in [0.25, 0.3) is 0 Å². The van der Waals surface area contributed by atoms with Crippen molar-refractivity contribution in [2.75, 3.05) is 16.4 Å². The molecule has 3 aromatic rings. The summed E-state index contributed by atoms with van der Waals surface area (Å²) < 4.78 is 13.9. The van der Waals surface area contributed by atoms with Crippen molar-refractivity contribution in [1.82, 2.24) is 9.97 Å². The fourth-order valence-corrected chi connectivity index (χ4v) is 2.29. The lowest BCUT2D eigenvalue weighted by molar-refractivity contribution is -0.383. The second-order valence-electron chi connectivity index (χ2n) is 5.33. The number of para-hydroxylation sites is 1. The topological polar surface area (TPSA) is 119 Å². The van der Waals surface area contributed by atoms with E-state index in [0.717, 1.165) is 5.56 Å². The van der Waals surface area contributed by atoms with Crippen LogP contribution in [0.3, 0.4) is 0 Å². The van der Waals surface area contributed by atoms with E-state index in [0.29, 0.717) is 6.54 Å². The quantitative estimate of drug-likeness (QED) is 0.458. The maximum atomic E-state index is 13.9. The van der Waals surface area contributed by atoms with Crippen molar-refractivity contribution in [3.63, 3.8) is 0 Å². The first-order chi connectivity index (χ1) is 12.5. The first kappa shape index (κ1) is 17.1. The smallest absolute Gasteiger partial charge is 0.353 e. The van der Waals surface area contributed by atoms with Crippen molar-refractivity contribution in [2.45, 2.75) is 6.54 Å². The third-order valence-corrected chi connectivity index (χ3v) is 3.51. The second kappa shape index (κ2) is 7.43. The molecule has 1 heterocycles. The fraction of sp³-hybridized carbons (Fsp3) is 0.0588. The monoisotopic (exact) mass is 354 g/mol. The number of rotatable bonds is 6. The van der Waals surface area contributed by atoms with E-state index in [4.69, 9.17) is 5.73 Å². The minimum absolute atomic E-state index is 0.0442. The Bertz CT molecular complexity index is 936. The molecule has 0 saturated heterocycles. The van der Waals surface area contributed by atoms with Crippen LogP contribution in [0.5, 0.6) is 0 Å². The largest absolute Gasteiger partial charge is 0.378 e. The highest BCUT2D eigenvalue weighted by atomic mass is 19.1. The number of anilines is 4. The van der Waals surface area contributed by atoms with E-state index in [1.54, 1.807) is 6.07 Å². The van der Waals surface area contributed by atoms with Gasteiger partial charge in [-0.15, -0.1) is 0 Å². The maximum absolute atomic E-state index is 13.9. The summed E-state index contributed by atoms with van der Waals surface area (Å²) >= 11 is 0. The van der Waals surface area contributed by atoms with E-state index in [-0.39, 0.29) is 23.3 Å². The molecule has 2 aromatic carbocycles. The SMILES string of the molecule is Nc1nc(NCc2ccccc2)nc(Nc2ccccc2F)c1[N+](=O)[O-]. The highest BCUT2D eigenvalue weighted by Crippen LogP contribution is 2.32. The molecule has 0 aliphatic rings. The van der Waals surface area contributed by atoms with Gasteiger partial charge < -0.3 is 16.4 Å². The second-order valence-corrected chi connectivity index (χ2v) is 5.33. The van der Waals surface area contributed by atoms with Crippen LogP contribution < -0.4 is 16.4 Å². The molecule has 3 rings (SSSR count).